The van der Waals surface area contributed by atoms with E-state index in [-0.39, 0.29) is 6.04 Å². The van der Waals surface area contributed by atoms with Crippen molar-refractivity contribution in [1.29, 1.82) is 0 Å². The van der Waals surface area contributed by atoms with Crippen LogP contribution in [0.3, 0.4) is 0 Å². The minimum Gasteiger partial charge on any atom is -0.383 e. The molecule has 17 heavy (non-hydrogen) atoms. The average Bonchev–Trinajstić information content (AvgIpc) is 2.81. The molecule has 1 aromatic heterocycles. The molecular weight excluding hydrogens is 220 g/mol. The molecule has 1 aromatic rings. The van der Waals surface area contributed by atoms with Gasteiger partial charge >= 0.3 is 0 Å². The maximum absolute atomic E-state index is 5.37. The number of ether oxygens (including phenoxy) is 1. The summed E-state index contributed by atoms with van der Waals surface area (Å²) in [6.07, 6.45) is 5.39. The number of imidazole rings is 1. The van der Waals surface area contributed by atoms with E-state index in [0.29, 0.717) is 19.1 Å². The highest BCUT2D eigenvalue weighted by atomic mass is 16.5. The Morgan fingerprint density at radius 1 is 1.65 bits per heavy atom. The molecule has 0 amide bonds. The standard InChI is InChI=1S/C10H20N6O/c1-9(7-17-2)14-10(15-11)13-4-6-16-5-3-12-8-16/h3,5,8-9H,4,6-7,11H2,1-2H3,(H2,13,14,15). The van der Waals surface area contributed by atoms with Crippen LogP contribution < -0.4 is 16.6 Å². The van der Waals surface area contributed by atoms with Crippen molar-refractivity contribution >= 4 is 5.96 Å². The van der Waals surface area contributed by atoms with Crippen molar-refractivity contribution in [3.05, 3.63) is 18.7 Å². The van der Waals surface area contributed by atoms with E-state index in [4.69, 9.17) is 10.6 Å². The largest absolute Gasteiger partial charge is 0.383 e. The molecule has 0 fully saturated rings. The number of guanidine groups is 1. The van der Waals surface area contributed by atoms with Gasteiger partial charge in [0.15, 0.2) is 0 Å². The van der Waals surface area contributed by atoms with Gasteiger partial charge in [-0.1, -0.05) is 0 Å². The third-order valence-corrected chi connectivity index (χ3v) is 2.12. The number of aromatic nitrogens is 2. The molecular formula is C10H20N6O. The minimum atomic E-state index is 0.156. The Hall–Kier alpha value is -1.60. The molecule has 0 aromatic carbocycles. The third kappa shape index (κ3) is 5.32. The lowest BCUT2D eigenvalue weighted by atomic mass is 10.4. The van der Waals surface area contributed by atoms with Crippen LogP contribution in [0.1, 0.15) is 6.92 Å². The van der Waals surface area contributed by atoms with Gasteiger partial charge in [-0.3, -0.25) is 10.4 Å². The normalized spacial score (nSPS) is 13.5. The van der Waals surface area contributed by atoms with Gasteiger partial charge in [0.25, 0.3) is 0 Å². The lowest BCUT2D eigenvalue weighted by Crippen LogP contribution is -2.47. The van der Waals surface area contributed by atoms with Crippen LogP contribution in [0, 0.1) is 0 Å². The highest BCUT2D eigenvalue weighted by Gasteiger charge is 2.03. The molecule has 0 bridgehead atoms. The SMILES string of the molecule is COCC(C)NC(=NCCn1ccnc1)NN. The molecule has 0 saturated carbocycles. The number of aliphatic imine (C=N–C) groups is 1. The third-order valence-electron chi connectivity index (χ3n) is 2.12. The Kier molecular flexibility index (Phi) is 6.05. The predicted octanol–water partition coefficient (Wildman–Crippen LogP) is -0.673. The summed E-state index contributed by atoms with van der Waals surface area (Å²) < 4.78 is 6.97. The fourth-order valence-corrected chi connectivity index (χ4v) is 1.35. The lowest BCUT2D eigenvalue weighted by Gasteiger charge is -2.15. The first-order chi connectivity index (χ1) is 8.26. The lowest BCUT2D eigenvalue weighted by molar-refractivity contribution is 0.179. The number of hydrogen-bond acceptors (Lipinski definition) is 4. The summed E-state index contributed by atoms with van der Waals surface area (Å²) in [4.78, 5) is 8.26. The van der Waals surface area contributed by atoms with Gasteiger partial charge in [0.2, 0.25) is 5.96 Å². The quantitative estimate of drug-likeness (QED) is 0.265. The maximum Gasteiger partial charge on any atom is 0.206 e. The molecule has 0 spiro atoms. The van der Waals surface area contributed by atoms with Gasteiger partial charge in [0, 0.05) is 32.1 Å². The van der Waals surface area contributed by atoms with Crippen molar-refractivity contribution in [3.8, 4) is 0 Å². The van der Waals surface area contributed by atoms with E-state index >= 15 is 0 Å². The van der Waals surface area contributed by atoms with E-state index in [1.54, 1.807) is 19.6 Å². The maximum atomic E-state index is 5.37. The average molecular weight is 240 g/mol. The Morgan fingerprint density at radius 2 is 2.47 bits per heavy atom. The monoisotopic (exact) mass is 240 g/mol. The molecule has 0 radical (unpaired) electrons. The van der Waals surface area contributed by atoms with E-state index in [1.165, 1.54) is 0 Å². The number of hydrazine groups is 1. The van der Waals surface area contributed by atoms with Gasteiger partial charge in [-0.2, -0.15) is 0 Å². The summed E-state index contributed by atoms with van der Waals surface area (Å²) in [5.41, 5.74) is 2.53. The summed E-state index contributed by atoms with van der Waals surface area (Å²) in [5, 5.41) is 3.11. The van der Waals surface area contributed by atoms with Crippen LogP contribution in [0.25, 0.3) is 0 Å². The van der Waals surface area contributed by atoms with Gasteiger partial charge < -0.3 is 14.6 Å². The molecule has 0 aliphatic rings. The first-order valence-corrected chi connectivity index (χ1v) is 5.48. The zero-order valence-corrected chi connectivity index (χ0v) is 10.3. The van der Waals surface area contributed by atoms with Crippen molar-refractivity contribution in [2.75, 3.05) is 20.3 Å². The smallest absolute Gasteiger partial charge is 0.206 e. The van der Waals surface area contributed by atoms with E-state index in [1.807, 2.05) is 17.7 Å². The molecule has 1 rings (SSSR count). The molecule has 7 nitrogen and oxygen atoms in total. The molecule has 1 unspecified atom stereocenters. The number of nitrogens with one attached hydrogen (secondary N) is 2. The van der Waals surface area contributed by atoms with Crippen molar-refractivity contribution in [2.45, 2.75) is 19.5 Å². The van der Waals surface area contributed by atoms with Crippen LogP contribution in [0.4, 0.5) is 0 Å². The topological polar surface area (TPSA) is 89.5 Å². The van der Waals surface area contributed by atoms with E-state index in [9.17, 15) is 0 Å². The number of nitrogens with two attached hydrogens (primary N) is 1. The molecule has 96 valence electrons. The van der Waals surface area contributed by atoms with E-state index in [0.717, 1.165) is 6.54 Å². The van der Waals surface area contributed by atoms with Gasteiger partial charge in [-0.25, -0.2) is 10.8 Å². The van der Waals surface area contributed by atoms with Crippen LogP contribution in [-0.2, 0) is 11.3 Å². The van der Waals surface area contributed by atoms with Crippen LogP contribution in [0.2, 0.25) is 0 Å². The number of rotatable bonds is 6. The number of nitrogens with zero attached hydrogens (tertiary/aromatic N) is 3. The molecule has 7 heteroatoms. The number of methoxy groups -OCH3 is 1. The summed E-state index contributed by atoms with van der Waals surface area (Å²) in [7, 11) is 1.66. The Bertz CT molecular complexity index is 324. The predicted molar refractivity (Wildman–Crippen MR) is 66.3 cm³/mol. The molecule has 1 heterocycles. The molecule has 0 aliphatic carbocycles. The highest BCUT2D eigenvalue weighted by Crippen LogP contribution is 1.87. The zero-order chi connectivity index (χ0) is 12.5. The minimum absolute atomic E-state index is 0.156. The van der Waals surface area contributed by atoms with Gasteiger partial charge in [0.1, 0.15) is 0 Å². The van der Waals surface area contributed by atoms with Crippen LogP contribution in [-0.4, -0.2) is 41.8 Å². The molecule has 0 saturated heterocycles. The fraction of sp³-hybridized carbons (Fsp3) is 0.600. The van der Waals surface area contributed by atoms with Crippen LogP contribution in [0.5, 0.6) is 0 Å². The van der Waals surface area contributed by atoms with Gasteiger partial charge in [-0.05, 0) is 6.92 Å². The highest BCUT2D eigenvalue weighted by molar-refractivity contribution is 5.79. The van der Waals surface area contributed by atoms with Crippen LogP contribution >= 0.6 is 0 Å². The van der Waals surface area contributed by atoms with Gasteiger partial charge in [-0.15, -0.1) is 0 Å². The summed E-state index contributed by atoms with van der Waals surface area (Å²) in [5.74, 6) is 5.94. The van der Waals surface area contributed by atoms with Crippen molar-refractivity contribution in [1.82, 2.24) is 20.3 Å². The molecule has 4 N–H and O–H groups in total. The Labute approximate surface area is 101 Å². The second-order valence-corrected chi connectivity index (χ2v) is 3.68. The molecule has 1 atom stereocenters. The zero-order valence-electron chi connectivity index (χ0n) is 10.3. The van der Waals surface area contributed by atoms with Crippen LogP contribution in [0.15, 0.2) is 23.7 Å². The Balaban J connectivity index is 2.33. The first-order valence-electron chi connectivity index (χ1n) is 5.48. The first kappa shape index (κ1) is 13.5. The van der Waals surface area contributed by atoms with Crippen molar-refractivity contribution < 1.29 is 4.74 Å². The van der Waals surface area contributed by atoms with E-state index < -0.39 is 0 Å². The van der Waals surface area contributed by atoms with Crippen molar-refractivity contribution in [3.63, 3.8) is 0 Å². The summed E-state index contributed by atoms with van der Waals surface area (Å²) in [6.45, 7) is 3.99. The van der Waals surface area contributed by atoms with Gasteiger partial charge in [0.05, 0.1) is 19.5 Å². The second kappa shape index (κ2) is 7.64. The second-order valence-electron chi connectivity index (χ2n) is 3.68. The fourth-order valence-electron chi connectivity index (χ4n) is 1.35. The van der Waals surface area contributed by atoms with E-state index in [2.05, 4.69) is 20.7 Å². The summed E-state index contributed by atoms with van der Waals surface area (Å²) >= 11 is 0. The van der Waals surface area contributed by atoms with Crippen molar-refractivity contribution in [2.24, 2.45) is 10.8 Å². The summed E-state index contributed by atoms with van der Waals surface area (Å²) in [6, 6.07) is 0.156. The Morgan fingerprint density at radius 3 is 3.06 bits per heavy atom. The molecule has 0 aliphatic heterocycles. The number of hydrogen-bond donors (Lipinski definition) is 3.